The number of rotatable bonds is 4. The van der Waals surface area contributed by atoms with Gasteiger partial charge >= 0.3 is 0 Å². The molecule has 0 unspecified atom stereocenters. The molecule has 1 aliphatic carbocycles. The van der Waals surface area contributed by atoms with Gasteiger partial charge in [-0.25, -0.2) is 13.1 Å². The van der Waals surface area contributed by atoms with Crippen molar-refractivity contribution in [1.82, 2.24) is 19.6 Å². The molecular formula is C28H30N4O5S. The Morgan fingerprint density at radius 1 is 1.05 bits per heavy atom. The fourth-order valence-electron chi connectivity index (χ4n) is 5.96. The Morgan fingerprint density at radius 2 is 1.84 bits per heavy atom. The van der Waals surface area contributed by atoms with E-state index in [2.05, 4.69) is 17.0 Å². The lowest BCUT2D eigenvalue weighted by molar-refractivity contribution is 0.0258. The number of hydrogen-bond donors (Lipinski definition) is 0. The van der Waals surface area contributed by atoms with Gasteiger partial charge in [0.15, 0.2) is 15.5 Å². The molecule has 7 rings (SSSR count). The number of carbonyl (C=O) groups is 1. The minimum atomic E-state index is -3.62. The van der Waals surface area contributed by atoms with Crippen LogP contribution in [-0.4, -0.2) is 85.5 Å². The molecule has 1 saturated carbocycles. The second-order valence-electron chi connectivity index (χ2n) is 10.6. The van der Waals surface area contributed by atoms with E-state index in [4.69, 9.17) is 14.6 Å². The zero-order valence-corrected chi connectivity index (χ0v) is 22.1. The molecule has 0 radical (unpaired) electrons. The predicted molar refractivity (Wildman–Crippen MR) is 140 cm³/mol. The number of nitrogens with zero attached hydrogens (tertiary/aromatic N) is 4. The Morgan fingerprint density at radius 3 is 2.63 bits per heavy atom. The SMILES string of the molecule is Cc1cccc2c1-c1c(c(C(=O)N3CCO[C@H]4C[C@H]43)nn1-c1ccc(CN3CCOCC3)cc1)CS2(=O)=O. The Labute approximate surface area is 221 Å². The van der Waals surface area contributed by atoms with Crippen LogP contribution in [0, 0.1) is 6.92 Å². The number of morpholine rings is 2. The number of fused-ring (bicyclic) bond motifs is 4. The number of amides is 1. The molecule has 2 atom stereocenters. The van der Waals surface area contributed by atoms with Crippen molar-refractivity contribution in [2.24, 2.45) is 0 Å². The second-order valence-corrected chi connectivity index (χ2v) is 12.5. The highest BCUT2D eigenvalue weighted by atomic mass is 32.2. The Bertz CT molecular complexity index is 1530. The molecular weight excluding hydrogens is 504 g/mol. The molecule has 0 N–H and O–H groups in total. The first-order valence-corrected chi connectivity index (χ1v) is 14.8. The second kappa shape index (κ2) is 9.01. The molecule has 198 valence electrons. The van der Waals surface area contributed by atoms with Gasteiger partial charge in [-0.15, -0.1) is 0 Å². The zero-order chi connectivity index (χ0) is 26.0. The van der Waals surface area contributed by atoms with E-state index in [9.17, 15) is 13.2 Å². The Balaban J connectivity index is 1.33. The van der Waals surface area contributed by atoms with Gasteiger partial charge in [-0.05, 0) is 42.7 Å². The largest absolute Gasteiger partial charge is 0.379 e. The molecule has 0 spiro atoms. The van der Waals surface area contributed by atoms with Crippen LogP contribution in [0.3, 0.4) is 0 Å². The van der Waals surface area contributed by atoms with E-state index in [0.717, 1.165) is 50.5 Å². The quantitative estimate of drug-likeness (QED) is 0.508. The number of aryl methyl sites for hydroxylation is 1. The third-order valence-electron chi connectivity index (χ3n) is 8.04. The van der Waals surface area contributed by atoms with Crippen molar-refractivity contribution in [3.05, 3.63) is 64.8 Å². The van der Waals surface area contributed by atoms with Crippen LogP contribution < -0.4 is 0 Å². The molecule has 1 amide bonds. The van der Waals surface area contributed by atoms with Gasteiger partial charge in [-0.2, -0.15) is 5.10 Å². The molecule has 4 heterocycles. The highest BCUT2D eigenvalue weighted by molar-refractivity contribution is 7.90. The minimum absolute atomic E-state index is 0.0470. The topological polar surface area (TPSA) is 94.0 Å². The minimum Gasteiger partial charge on any atom is -0.379 e. The normalized spacial score (nSPS) is 23.9. The lowest BCUT2D eigenvalue weighted by Gasteiger charge is -2.26. The molecule has 0 bridgehead atoms. The lowest BCUT2D eigenvalue weighted by atomic mass is 10.0. The smallest absolute Gasteiger partial charge is 0.275 e. The zero-order valence-electron chi connectivity index (χ0n) is 21.3. The van der Waals surface area contributed by atoms with E-state index in [1.807, 2.05) is 30.0 Å². The molecule has 3 fully saturated rings. The van der Waals surface area contributed by atoms with Gasteiger partial charge in [0, 0.05) is 37.3 Å². The number of carbonyl (C=O) groups excluding carboxylic acids is 1. The fourth-order valence-corrected chi connectivity index (χ4v) is 7.62. The van der Waals surface area contributed by atoms with Crippen molar-refractivity contribution in [3.8, 4) is 16.9 Å². The summed E-state index contributed by atoms with van der Waals surface area (Å²) in [7, 11) is -3.62. The van der Waals surface area contributed by atoms with Crippen molar-refractivity contribution in [1.29, 1.82) is 0 Å². The van der Waals surface area contributed by atoms with Crippen LogP contribution in [0.25, 0.3) is 16.9 Å². The number of aromatic nitrogens is 2. The van der Waals surface area contributed by atoms with Crippen molar-refractivity contribution in [2.75, 3.05) is 39.5 Å². The summed E-state index contributed by atoms with van der Waals surface area (Å²) in [6.07, 6.45) is 0.899. The summed E-state index contributed by atoms with van der Waals surface area (Å²) in [5.41, 5.74) is 4.85. The summed E-state index contributed by atoms with van der Waals surface area (Å²) >= 11 is 0. The van der Waals surface area contributed by atoms with Crippen LogP contribution in [-0.2, 0) is 31.6 Å². The number of sulfone groups is 1. The molecule has 4 aliphatic rings. The third kappa shape index (κ3) is 3.98. The standard InChI is InChI=1S/C28H30N4O5S/c1-18-3-2-4-24-25(18)27-21(17-38(24,34)35)26(28(33)31-11-14-37-23-15-22(23)31)29-32(27)20-7-5-19(6-8-20)16-30-9-12-36-13-10-30/h2-8,22-23H,9-17H2,1H3/t22-,23+/m1/s1. The van der Waals surface area contributed by atoms with Gasteiger partial charge in [0.2, 0.25) is 0 Å². The van der Waals surface area contributed by atoms with Crippen LogP contribution >= 0.6 is 0 Å². The molecule has 3 aliphatic heterocycles. The van der Waals surface area contributed by atoms with Crippen LogP contribution in [0.15, 0.2) is 47.4 Å². The monoisotopic (exact) mass is 534 g/mol. The summed E-state index contributed by atoms with van der Waals surface area (Å²) < 4.78 is 39.7. The van der Waals surface area contributed by atoms with Gasteiger partial charge in [0.1, 0.15) is 0 Å². The maximum Gasteiger partial charge on any atom is 0.275 e. The molecule has 3 aromatic rings. The van der Waals surface area contributed by atoms with E-state index in [0.29, 0.717) is 34.9 Å². The first-order chi connectivity index (χ1) is 18.4. The molecule has 1 aromatic heterocycles. The maximum absolute atomic E-state index is 13.8. The van der Waals surface area contributed by atoms with Crippen molar-refractivity contribution < 1.29 is 22.7 Å². The van der Waals surface area contributed by atoms with Crippen molar-refractivity contribution in [3.63, 3.8) is 0 Å². The van der Waals surface area contributed by atoms with Gasteiger partial charge in [0.05, 0.1) is 54.0 Å². The van der Waals surface area contributed by atoms with E-state index >= 15 is 0 Å². The molecule has 38 heavy (non-hydrogen) atoms. The third-order valence-corrected chi connectivity index (χ3v) is 9.72. The van der Waals surface area contributed by atoms with Crippen molar-refractivity contribution >= 4 is 15.7 Å². The maximum atomic E-state index is 13.8. The Hall–Kier alpha value is -3.05. The fraction of sp³-hybridized carbons (Fsp3) is 0.429. The van der Waals surface area contributed by atoms with Gasteiger partial charge in [0.25, 0.3) is 5.91 Å². The average molecular weight is 535 g/mol. The van der Waals surface area contributed by atoms with Gasteiger partial charge in [-0.3, -0.25) is 9.69 Å². The summed E-state index contributed by atoms with van der Waals surface area (Å²) in [6, 6.07) is 13.5. The summed E-state index contributed by atoms with van der Waals surface area (Å²) in [6.45, 7) is 7.04. The van der Waals surface area contributed by atoms with Gasteiger partial charge in [-0.1, -0.05) is 24.3 Å². The number of ether oxygens (including phenoxy) is 2. The molecule has 9 nitrogen and oxygen atoms in total. The number of hydrogen-bond acceptors (Lipinski definition) is 7. The molecule has 10 heteroatoms. The molecule has 2 aromatic carbocycles. The van der Waals surface area contributed by atoms with E-state index in [-0.39, 0.29) is 29.5 Å². The highest BCUT2D eigenvalue weighted by Crippen LogP contribution is 2.43. The van der Waals surface area contributed by atoms with E-state index in [1.54, 1.807) is 16.8 Å². The Kier molecular flexibility index (Phi) is 5.70. The lowest BCUT2D eigenvalue weighted by Crippen LogP contribution is -2.41. The van der Waals surface area contributed by atoms with Crippen LogP contribution in [0.5, 0.6) is 0 Å². The van der Waals surface area contributed by atoms with E-state index < -0.39 is 9.84 Å². The van der Waals surface area contributed by atoms with Crippen LogP contribution in [0.4, 0.5) is 0 Å². The molecule has 2 saturated heterocycles. The first-order valence-electron chi connectivity index (χ1n) is 13.2. The van der Waals surface area contributed by atoms with Crippen LogP contribution in [0.2, 0.25) is 0 Å². The van der Waals surface area contributed by atoms with Gasteiger partial charge < -0.3 is 14.4 Å². The average Bonchev–Trinajstić information content (AvgIpc) is 3.63. The summed E-state index contributed by atoms with van der Waals surface area (Å²) in [5, 5.41) is 4.83. The predicted octanol–water partition coefficient (Wildman–Crippen LogP) is 2.58. The summed E-state index contributed by atoms with van der Waals surface area (Å²) in [5.74, 6) is -0.458. The van der Waals surface area contributed by atoms with Crippen molar-refractivity contribution in [2.45, 2.75) is 42.7 Å². The number of benzene rings is 2. The summed E-state index contributed by atoms with van der Waals surface area (Å²) in [4.78, 5) is 18.3. The highest BCUT2D eigenvalue weighted by Gasteiger charge is 2.49. The first kappa shape index (κ1) is 24.0. The van der Waals surface area contributed by atoms with E-state index in [1.165, 1.54) is 5.56 Å². The van der Waals surface area contributed by atoms with Crippen LogP contribution in [0.1, 0.15) is 33.6 Å².